The fraction of sp³-hybridized carbons (Fsp3) is 0.350. The molecule has 2 N–H and O–H groups in total. The summed E-state index contributed by atoms with van der Waals surface area (Å²) in [5.41, 5.74) is 0.768. The molecular formula is C20H23N3O5S. The molecule has 1 aliphatic rings. The van der Waals surface area contributed by atoms with Crippen molar-refractivity contribution in [3.8, 4) is 0 Å². The molecule has 2 amide bonds. The SMILES string of the molecule is COC(=O)c1ccc(NC(=O)C(=O)NC[C@H](c2ccco2)N2CCSCC2)cc1. The maximum Gasteiger partial charge on any atom is 0.337 e. The second kappa shape index (κ2) is 10.1. The number of nitrogens with zero attached hydrogens (tertiary/aromatic N) is 1. The lowest BCUT2D eigenvalue weighted by Crippen LogP contribution is -2.44. The maximum atomic E-state index is 12.3. The number of carbonyl (C=O) groups excluding carboxylic acids is 3. The number of thioether (sulfide) groups is 1. The third-order valence-corrected chi connectivity index (χ3v) is 5.53. The van der Waals surface area contributed by atoms with Crippen molar-refractivity contribution in [3.63, 3.8) is 0 Å². The van der Waals surface area contributed by atoms with Crippen LogP contribution in [-0.2, 0) is 14.3 Å². The lowest BCUT2D eigenvalue weighted by Gasteiger charge is -2.33. The van der Waals surface area contributed by atoms with E-state index in [1.165, 1.54) is 31.4 Å². The van der Waals surface area contributed by atoms with Crippen LogP contribution in [-0.4, -0.2) is 60.9 Å². The highest BCUT2D eigenvalue weighted by atomic mass is 32.2. The molecule has 3 rings (SSSR count). The van der Waals surface area contributed by atoms with Gasteiger partial charge in [-0.05, 0) is 36.4 Å². The lowest BCUT2D eigenvalue weighted by atomic mass is 10.1. The second-order valence-corrected chi connectivity index (χ2v) is 7.64. The molecule has 1 fully saturated rings. The first-order chi connectivity index (χ1) is 14.1. The fourth-order valence-corrected chi connectivity index (χ4v) is 3.98. The molecule has 1 aliphatic heterocycles. The third kappa shape index (κ3) is 5.61. The molecule has 29 heavy (non-hydrogen) atoms. The summed E-state index contributed by atoms with van der Waals surface area (Å²) < 4.78 is 10.2. The Bertz CT molecular complexity index is 832. The van der Waals surface area contributed by atoms with Crippen LogP contribution in [0.4, 0.5) is 5.69 Å². The maximum absolute atomic E-state index is 12.3. The van der Waals surface area contributed by atoms with E-state index in [-0.39, 0.29) is 12.6 Å². The van der Waals surface area contributed by atoms with Gasteiger partial charge in [0.2, 0.25) is 0 Å². The molecule has 1 aromatic carbocycles. The van der Waals surface area contributed by atoms with Gasteiger partial charge in [0.05, 0.1) is 25.0 Å². The van der Waals surface area contributed by atoms with E-state index in [1.54, 1.807) is 6.26 Å². The molecule has 1 aromatic heterocycles. The molecule has 0 unspecified atom stereocenters. The van der Waals surface area contributed by atoms with Crippen LogP contribution >= 0.6 is 11.8 Å². The molecule has 154 valence electrons. The van der Waals surface area contributed by atoms with Crippen molar-refractivity contribution in [2.75, 3.05) is 43.6 Å². The number of furan rings is 1. The average Bonchev–Trinajstić information content (AvgIpc) is 3.29. The zero-order valence-electron chi connectivity index (χ0n) is 16.1. The quantitative estimate of drug-likeness (QED) is 0.547. The second-order valence-electron chi connectivity index (χ2n) is 6.41. The standard InChI is InChI=1S/C20H23N3O5S/c1-27-20(26)14-4-6-15(7-5-14)22-19(25)18(24)21-13-16(17-3-2-10-28-17)23-8-11-29-12-9-23/h2-7,10,16H,8-9,11-13H2,1H3,(H,21,24)(H,22,25)/t16-/m1/s1. The molecule has 1 atom stereocenters. The average molecular weight is 417 g/mol. The highest BCUT2D eigenvalue weighted by Crippen LogP contribution is 2.24. The Morgan fingerprint density at radius 3 is 2.48 bits per heavy atom. The van der Waals surface area contributed by atoms with Gasteiger partial charge in [0.15, 0.2) is 0 Å². The van der Waals surface area contributed by atoms with Gasteiger partial charge in [-0.15, -0.1) is 0 Å². The van der Waals surface area contributed by atoms with E-state index >= 15 is 0 Å². The van der Waals surface area contributed by atoms with Crippen molar-refractivity contribution in [3.05, 3.63) is 54.0 Å². The first kappa shape index (κ1) is 20.9. The number of ether oxygens (including phenoxy) is 1. The Morgan fingerprint density at radius 2 is 1.86 bits per heavy atom. The van der Waals surface area contributed by atoms with Gasteiger partial charge in [0, 0.05) is 36.8 Å². The number of amides is 2. The molecule has 8 nitrogen and oxygen atoms in total. The fourth-order valence-electron chi connectivity index (χ4n) is 3.04. The van der Waals surface area contributed by atoms with Gasteiger partial charge in [0.1, 0.15) is 5.76 Å². The summed E-state index contributed by atoms with van der Waals surface area (Å²) in [5.74, 6) is 0.824. The van der Waals surface area contributed by atoms with Crippen LogP contribution < -0.4 is 10.6 Å². The van der Waals surface area contributed by atoms with Crippen LogP contribution in [0.2, 0.25) is 0 Å². The van der Waals surface area contributed by atoms with Crippen molar-refractivity contribution in [1.29, 1.82) is 0 Å². The summed E-state index contributed by atoms with van der Waals surface area (Å²) in [6.07, 6.45) is 1.60. The van der Waals surface area contributed by atoms with Crippen LogP contribution in [0, 0.1) is 0 Å². The smallest absolute Gasteiger partial charge is 0.337 e. The number of carbonyl (C=O) groups is 3. The molecule has 0 saturated carbocycles. The number of hydrogen-bond acceptors (Lipinski definition) is 7. The van der Waals surface area contributed by atoms with Gasteiger partial charge < -0.3 is 19.8 Å². The van der Waals surface area contributed by atoms with Gasteiger partial charge in [-0.1, -0.05) is 0 Å². The third-order valence-electron chi connectivity index (χ3n) is 4.58. The minimum absolute atomic E-state index is 0.123. The topological polar surface area (TPSA) is 101 Å². The van der Waals surface area contributed by atoms with Crippen molar-refractivity contribution in [1.82, 2.24) is 10.2 Å². The van der Waals surface area contributed by atoms with Gasteiger partial charge in [-0.2, -0.15) is 11.8 Å². The molecule has 0 aliphatic carbocycles. The first-order valence-electron chi connectivity index (χ1n) is 9.21. The molecule has 0 spiro atoms. The normalized spacial score (nSPS) is 15.3. The predicted octanol–water partition coefficient (Wildman–Crippen LogP) is 1.91. The molecule has 9 heteroatoms. The summed E-state index contributed by atoms with van der Waals surface area (Å²) >= 11 is 1.90. The summed E-state index contributed by atoms with van der Waals surface area (Å²) in [6, 6.07) is 9.67. The molecule has 2 heterocycles. The number of rotatable bonds is 6. The zero-order chi connectivity index (χ0) is 20.6. The van der Waals surface area contributed by atoms with Gasteiger partial charge in [-0.25, -0.2) is 4.79 Å². The van der Waals surface area contributed by atoms with Crippen LogP contribution in [0.3, 0.4) is 0 Å². The number of esters is 1. The van der Waals surface area contributed by atoms with Crippen LogP contribution in [0.15, 0.2) is 47.1 Å². The Hall–Kier alpha value is -2.78. The van der Waals surface area contributed by atoms with Crippen molar-refractivity contribution in [2.45, 2.75) is 6.04 Å². The van der Waals surface area contributed by atoms with Gasteiger partial charge in [0.25, 0.3) is 0 Å². The van der Waals surface area contributed by atoms with E-state index in [9.17, 15) is 14.4 Å². The van der Waals surface area contributed by atoms with Crippen molar-refractivity contribution < 1.29 is 23.5 Å². The molecular weight excluding hydrogens is 394 g/mol. The minimum atomic E-state index is -0.775. The minimum Gasteiger partial charge on any atom is -0.468 e. The van der Waals surface area contributed by atoms with Gasteiger partial charge in [-0.3, -0.25) is 14.5 Å². The Kier molecular flexibility index (Phi) is 7.31. The van der Waals surface area contributed by atoms with Crippen LogP contribution in [0.1, 0.15) is 22.2 Å². The van der Waals surface area contributed by atoms with E-state index in [0.717, 1.165) is 30.4 Å². The largest absolute Gasteiger partial charge is 0.468 e. The van der Waals surface area contributed by atoms with Crippen LogP contribution in [0.5, 0.6) is 0 Å². The van der Waals surface area contributed by atoms with E-state index in [4.69, 9.17) is 4.42 Å². The van der Waals surface area contributed by atoms with E-state index in [0.29, 0.717) is 11.3 Å². The monoisotopic (exact) mass is 417 g/mol. The number of hydrogen-bond donors (Lipinski definition) is 2. The molecule has 0 radical (unpaired) electrons. The van der Waals surface area contributed by atoms with E-state index in [1.807, 2.05) is 23.9 Å². The van der Waals surface area contributed by atoms with Crippen LogP contribution in [0.25, 0.3) is 0 Å². The van der Waals surface area contributed by atoms with E-state index < -0.39 is 17.8 Å². The Labute approximate surface area is 173 Å². The van der Waals surface area contributed by atoms with Gasteiger partial charge >= 0.3 is 17.8 Å². The molecule has 2 aromatic rings. The highest BCUT2D eigenvalue weighted by Gasteiger charge is 2.26. The highest BCUT2D eigenvalue weighted by molar-refractivity contribution is 7.99. The molecule has 1 saturated heterocycles. The predicted molar refractivity (Wildman–Crippen MR) is 110 cm³/mol. The Balaban J connectivity index is 1.56. The number of benzene rings is 1. The molecule has 0 bridgehead atoms. The summed E-state index contributed by atoms with van der Waals surface area (Å²) in [6.45, 7) is 2.06. The first-order valence-corrected chi connectivity index (χ1v) is 10.4. The van der Waals surface area contributed by atoms with Crippen molar-refractivity contribution in [2.24, 2.45) is 0 Å². The Morgan fingerprint density at radius 1 is 1.14 bits per heavy atom. The summed E-state index contributed by atoms with van der Waals surface area (Å²) in [4.78, 5) is 38.2. The summed E-state index contributed by atoms with van der Waals surface area (Å²) in [7, 11) is 1.29. The van der Waals surface area contributed by atoms with Crippen molar-refractivity contribution >= 4 is 35.2 Å². The zero-order valence-corrected chi connectivity index (χ0v) is 16.9. The van der Waals surface area contributed by atoms with E-state index in [2.05, 4.69) is 20.3 Å². The lowest BCUT2D eigenvalue weighted by molar-refractivity contribution is -0.136. The number of nitrogens with one attached hydrogen (secondary N) is 2. The number of anilines is 1. The number of methoxy groups -OCH3 is 1. The summed E-state index contributed by atoms with van der Waals surface area (Å²) in [5, 5.41) is 5.21.